The molecule has 0 aliphatic carbocycles. The van der Waals surface area contributed by atoms with Crippen LogP contribution >= 0.6 is 0 Å². The number of ether oxygens (including phenoxy) is 3. The quantitative estimate of drug-likeness (QED) is 0.808. The fourth-order valence-corrected chi connectivity index (χ4v) is 3.20. The fraction of sp³-hybridized carbons (Fsp3) is 0.364. The molecule has 1 N–H and O–H groups in total. The second-order valence-corrected chi connectivity index (χ2v) is 7.33. The first-order chi connectivity index (χ1) is 13.9. The van der Waals surface area contributed by atoms with E-state index in [1.54, 1.807) is 35.2 Å². The smallest absolute Gasteiger partial charge is 0.260 e. The molecule has 3 rings (SSSR count). The van der Waals surface area contributed by atoms with Gasteiger partial charge in [-0.2, -0.15) is 0 Å². The normalized spacial score (nSPS) is 13.4. The van der Waals surface area contributed by atoms with Crippen molar-refractivity contribution in [3.8, 4) is 17.2 Å². The van der Waals surface area contributed by atoms with Crippen molar-refractivity contribution in [1.29, 1.82) is 0 Å². The minimum absolute atomic E-state index is 0.0228. The number of carbonyl (C=O) groups is 2. The predicted octanol–water partition coefficient (Wildman–Crippen LogP) is 3.33. The van der Waals surface area contributed by atoms with Crippen molar-refractivity contribution in [3.63, 3.8) is 0 Å². The Morgan fingerprint density at radius 3 is 2.45 bits per heavy atom. The highest BCUT2D eigenvalue weighted by Crippen LogP contribution is 2.28. The highest BCUT2D eigenvalue weighted by molar-refractivity contribution is 6.04. The van der Waals surface area contributed by atoms with Crippen LogP contribution in [0.25, 0.3) is 0 Å². The summed E-state index contributed by atoms with van der Waals surface area (Å²) in [6, 6.07) is 10.4. The molecule has 2 aromatic rings. The molecule has 0 atom stereocenters. The van der Waals surface area contributed by atoms with Crippen molar-refractivity contribution in [2.24, 2.45) is 5.92 Å². The molecule has 29 heavy (non-hydrogen) atoms. The minimum Gasteiger partial charge on any atom is -0.497 e. The van der Waals surface area contributed by atoms with Gasteiger partial charge in [-0.25, -0.2) is 0 Å². The third-order valence-electron chi connectivity index (χ3n) is 4.58. The monoisotopic (exact) mass is 398 g/mol. The maximum Gasteiger partial charge on any atom is 0.260 e. The van der Waals surface area contributed by atoms with Gasteiger partial charge in [0.2, 0.25) is 0 Å². The zero-order chi connectivity index (χ0) is 21.0. The summed E-state index contributed by atoms with van der Waals surface area (Å²) in [4.78, 5) is 26.8. The van der Waals surface area contributed by atoms with E-state index in [0.717, 1.165) is 5.56 Å². The molecule has 1 heterocycles. The molecule has 0 unspecified atom stereocenters. The van der Waals surface area contributed by atoms with E-state index < -0.39 is 0 Å². The highest BCUT2D eigenvalue weighted by Gasteiger charge is 2.22. The summed E-state index contributed by atoms with van der Waals surface area (Å²) in [7, 11) is 3.07. The number of benzene rings is 2. The largest absolute Gasteiger partial charge is 0.497 e. The maximum atomic E-state index is 12.7. The molecule has 7 heteroatoms. The highest BCUT2D eigenvalue weighted by atomic mass is 16.5. The summed E-state index contributed by atoms with van der Waals surface area (Å²) in [6.07, 6.45) is 0. The Labute approximate surface area is 170 Å². The zero-order valence-corrected chi connectivity index (χ0v) is 17.2. The van der Waals surface area contributed by atoms with Gasteiger partial charge in [0.25, 0.3) is 11.8 Å². The van der Waals surface area contributed by atoms with E-state index >= 15 is 0 Å². The first-order valence-electron chi connectivity index (χ1n) is 9.47. The van der Waals surface area contributed by atoms with Gasteiger partial charge in [-0.15, -0.1) is 0 Å². The van der Waals surface area contributed by atoms with E-state index in [2.05, 4.69) is 19.2 Å². The third-order valence-corrected chi connectivity index (χ3v) is 4.58. The van der Waals surface area contributed by atoms with Gasteiger partial charge in [0, 0.05) is 36.0 Å². The van der Waals surface area contributed by atoms with Crippen LogP contribution in [-0.2, 0) is 11.3 Å². The van der Waals surface area contributed by atoms with E-state index in [1.807, 2.05) is 6.07 Å². The molecule has 0 fully saturated rings. The van der Waals surface area contributed by atoms with Crippen molar-refractivity contribution < 1.29 is 23.8 Å². The Balaban J connectivity index is 1.81. The number of hydrogen-bond donors (Lipinski definition) is 1. The van der Waals surface area contributed by atoms with Crippen molar-refractivity contribution in [2.75, 3.05) is 32.7 Å². The summed E-state index contributed by atoms with van der Waals surface area (Å²) in [5.74, 6) is 1.76. The van der Waals surface area contributed by atoms with Crippen LogP contribution in [0.4, 0.5) is 5.69 Å². The van der Waals surface area contributed by atoms with Crippen LogP contribution in [0.15, 0.2) is 36.4 Å². The fourth-order valence-electron chi connectivity index (χ4n) is 3.20. The second-order valence-electron chi connectivity index (χ2n) is 7.33. The van der Waals surface area contributed by atoms with E-state index in [-0.39, 0.29) is 18.4 Å². The lowest BCUT2D eigenvalue weighted by molar-refractivity contribution is -0.133. The van der Waals surface area contributed by atoms with Gasteiger partial charge in [-0.1, -0.05) is 13.8 Å². The van der Waals surface area contributed by atoms with Gasteiger partial charge in [0.1, 0.15) is 17.2 Å². The average molecular weight is 398 g/mol. The summed E-state index contributed by atoms with van der Waals surface area (Å²) in [6.45, 7) is 5.26. The summed E-state index contributed by atoms with van der Waals surface area (Å²) in [5.41, 5.74) is 1.90. The lowest BCUT2D eigenvalue weighted by Crippen LogP contribution is -2.35. The minimum atomic E-state index is -0.285. The Morgan fingerprint density at radius 2 is 1.83 bits per heavy atom. The molecule has 7 nitrogen and oxygen atoms in total. The molecule has 0 saturated heterocycles. The van der Waals surface area contributed by atoms with Crippen molar-refractivity contribution in [2.45, 2.75) is 20.4 Å². The molecule has 1 aliphatic heterocycles. The Bertz CT molecular complexity index is 888. The zero-order valence-electron chi connectivity index (χ0n) is 17.2. The molecule has 2 aromatic carbocycles. The number of nitrogens with one attached hydrogen (secondary N) is 1. The number of methoxy groups -OCH3 is 2. The van der Waals surface area contributed by atoms with Gasteiger partial charge in [-0.3, -0.25) is 9.59 Å². The summed E-state index contributed by atoms with van der Waals surface area (Å²) in [5, 5.41) is 2.89. The van der Waals surface area contributed by atoms with Crippen molar-refractivity contribution >= 4 is 17.5 Å². The van der Waals surface area contributed by atoms with Crippen molar-refractivity contribution in [1.82, 2.24) is 4.90 Å². The number of anilines is 1. The van der Waals surface area contributed by atoms with E-state index in [4.69, 9.17) is 14.2 Å². The van der Waals surface area contributed by atoms with Gasteiger partial charge in [0.05, 0.1) is 14.2 Å². The van der Waals surface area contributed by atoms with Gasteiger partial charge >= 0.3 is 0 Å². The first-order valence-corrected chi connectivity index (χ1v) is 9.47. The summed E-state index contributed by atoms with van der Waals surface area (Å²) >= 11 is 0. The van der Waals surface area contributed by atoms with E-state index in [9.17, 15) is 9.59 Å². The number of carbonyl (C=O) groups excluding carboxylic acids is 2. The predicted molar refractivity (Wildman–Crippen MR) is 110 cm³/mol. The Hall–Kier alpha value is -3.22. The third kappa shape index (κ3) is 4.99. The molecule has 154 valence electrons. The van der Waals surface area contributed by atoms with Crippen LogP contribution in [0.5, 0.6) is 17.2 Å². The van der Waals surface area contributed by atoms with Crippen molar-refractivity contribution in [3.05, 3.63) is 47.5 Å². The SMILES string of the molecule is COc1cc(OC)cc(C(=O)Nc2ccc3c(c2)CN(CC(C)C)C(=O)CO3)c1. The second kappa shape index (κ2) is 8.86. The molecule has 0 bridgehead atoms. The van der Waals surface area contributed by atoms with Crippen LogP contribution in [0.3, 0.4) is 0 Å². The summed E-state index contributed by atoms with van der Waals surface area (Å²) < 4.78 is 16.1. The molecule has 0 radical (unpaired) electrons. The van der Waals surface area contributed by atoms with Crippen LogP contribution in [-0.4, -0.2) is 44.1 Å². The molecule has 0 aromatic heterocycles. The lowest BCUT2D eigenvalue weighted by atomic mass is 10.1. The van der Waals surface area contributed by atoms with Gasteiger partial charge in [0.15, 0.2) is 6.61 Å². The lowest BCUT2D eigenvalue weighted by Gasteiger charge is -2.22. The molecule has 0 saturated carbocycles. The Morgan fingerprint density at radius 1 is 1.14 bits per heavy atom. The van der Waals surface area contributed by atoms with Crippen LogP contribution < -0.4 is 19.5 Å². The topological polar surface area (TPSA) is 77.1 Å². The van der Waals surface area contributed by atoms with E-state index in [0.29, 0.717) is 47.5 Å². The van der Waals surface area contributed by atoms with Crippen LogP contribution in [0, 0.1) is 5.92 Å². The molecule has 2 amide bonds. The molecule has 1 aliphatic rings. The number of hydrogen-bond acceptors (Lipinski definition) is 5. The van der Waals surface area contributed by atoms with Crippen LogP contribution in [0.2, 0.25) is 0 Å². The number of rotatable bonds is 6. The molecule has 0 spiro atoms. The maximum absolute atomic E-state index is 12.7. The Kier molecular flexibility index (Phi) is 6.26. The number of nitrogens with zero attached hydrogens (tertiary/aromatic N) is 1. The molecular weight excluding hydrogens is 372 g/mol. The molecular formula is C22H26N2O5. The number of fused-ring (bicyclic) bond motifs is 1. The van der Waals surface area contributed by atoms with Gasteiger partial charge < -0.3 is 24.4 Å². The van der Waals surface area contributed by atoms with Crippen LogP contribution in [0.1, 0.15) is 29.8 Å². The van der Waals surface area contributed by atoms with E-state index in [1.165, 1.54) is 14.2 Å². The van der Waals surface area contributed by atoms with Gasteiger partial charge in [-0.05, 0) is 36.2 Å². The first kappa shape index (κ1) is 20.5. The average Bonchev–Trinajstić information content (AvgIpc) is 2.85. The number of amides is 2. The standard InChI is InChI=1S/C22H26N2O5/c1-14(2)11-24-12-16-7-17(5-6-20(16)29-13-21(24)25)23-22(26)15-8-18(27-3)10-19(9-15)28-4/h5-10,14H,11-13H2,1-4H3,(H,23,26).